The molecule has 1 N–H and O–H groups in total. The third-order valence-electron chi connectivity index (χ3n) is 2.13. The van der Waals surface area contributed by atoms with E-state index in [-0.39, 0.29) is 12.5 Å². The summed E-state index contributed by atoms with van der Waals surface area (Å²) in [5.74, 6) is -0.158. The summed E-state index contributed by atoms with van der Waals surface area (Å²) in [4.78, 5) is 23.8. The smallest absolute Gasteiger partial charge is 0.348 e. The van der Waals surface area contributed by atoms with Crippen molar-refractivity contribution >= 4 is 23.2 Å². The number of ether oxygens (including phenoxy) is 1. The normalized spacial score (nSPS) is 10.1. The molecular formula is C11H10N2O4S. The van der Waals surface area contributed by atoms with Crippen molar-refractivity contribution in [2.24, 2.45) is 0 Å². The Morgan fingerprint density at radius 2 is 2.17 bits per heavy atom. The van der Waals surface area contributed by atoms with E-state index >= 15 is 0 Å². The van der Waals surface area contributed by atoms with Gasteiger partial charge in [0.25, 0.3) is 5.91 Å². The zero-order chi connectivity index (χ0) is 13.0. The first-order valence-corrected chi connectivity index (χ1v) is 5.88. The van der Waals surface area contributed by atoms with Gasteiger partial charge in [-0.1, -0.05) is 5.16 Å². The van der Waals surface area contributed by atoms with E-state index in [2.05, 4.69) is 15.2 Å². The van der Waals surface area contributed by atoms with Gasteiger partial charge in [-0.15, -0.1) is 11.3 Å². The number of hydrogen-bond donors (Lipinski definition) is 1. The fraction of sp³-hybridized carbons (Fsp3) is 0.182. The van der Waals surface area contributed by atoms with Gasteiger partial charge < -0.3 is 14.6 Å². The molecule has 0 bridgehead atoms. The number of hydrogen-bond acceptors (Lipinski definition) is 6. The second kappa shape index (κ2) is 5.46. The molecule has 0 fully saturated rings. The monoisotopic (exact) mass is 266 g/mol. The minimum atomic E-state index is -0.450. The van der Waals surface area contributed by atoms with Gasteiger partial charge in [-0.3, -0.25) is 4.79 Å². The molecule has 0 radical (unpaired) electrons. The molecule has 7 heteroatoms. The van der Waals surface area contributed by atoms with Crippen LogP contribution >= 0.6 is 11.3 Å². The van der Waals surface area contributed by atoms with Gasteiger partial charge in [-0.25, -0.2) is 4.79 Å². The van der Waals surface area contributed by atoms with Crippen molar-refractivity contribution in [3.8, 4) is 0 Å². The van der Waals surface area contributed by atoms with Crippen LogP contribution in [-0.2, 0) is 11.3 Å². The first-order chi connectivity index (χ1) is 8.70. The van der Waals surface area contributed by atoms with E-state index in [1.54, 1.807) is 18.2 Å². The molecule has 0 spiro atoms. The van der Waals surface area contributed by atoms with Gasteiger partial charge in [-0.2, -0.15) is 0 Å². The first kappa shape index (κ1) is 12.3. The number of methoxy groups -OCH3 is 1. The highest BCUT2D eigenvalue weighted by molar-refractivity contribution is 7.15. The number of rotatable bonds is 4. The zero-order valence-corrected chi connectivity index (χ0v) is 10.3. The van der Waals surface area contributed by atoms with Crippen LogP contribution in [0.2, 0.25) is 0 Å². The summed E-state index contributed by atoms with van der Waals surface area (Å²) in [7, 11) is 1.30. The average Bonchev–Trinajstić information content (AvgIpc) is 3.05. The lowest BCUT2D eigenvalue weighted by molar-refractivity contribution is 0.0606. The molecule has 1 amide bonds. The van der Waals surface area contributed by atoms with Crippen LogP contribution < -0.4 is 5.32 Å². The van der Waals surface area contributed by atoms with Crippen LogP contribution in [0.1, 0.15) is 25.1 Å². The summed E-state index contributed by atoms with van der Waals surface area (Å²) < 4.78 is 9.41. The molecule has 2 rings (SSSR count). The SMILES string of the molecule is COC(=O)c1ccc(C(=O)NCc2ccno2)s1. The van der Waals surface area contributed by atoms with Crippen molar-refractivity contribution in [1.82, 2.24) is 10.5 Å². The van der Waals surface area contributed by atoms with Gasteiger partial charge in [-0.05, 0) is 12.1 Å². The third kappa shape index (κ3) is 2.75. The van der Waals surface area contributed by atoms with E-state index in [0.717, 1.165) is 11.3 Å². The van der Waals surface area contributed by atoms with Crippen molar-refractivity contribution in [2.45, 2.75) is 6.54 Å². The molecule has 0 aliphatic rings. The highest BCUT2D eigenvalue weighted by Gasteiger charge is 2.14. The van der Waals surface area contributed by atoms with Crippen LogP contribution in [0.15, 0.2) is 28.9 Å². The summed E-state index contributed by atoms with van der Waals surface area (Å²) in [6.45, 7) is 0.254. The van der Waals surface area contributed by atoms with Crippen LogP contribution in [-0.4, -0.2) is 24.1 Å². The number of aromatic nitrogens is 1. The molecule has 0 atom stereocenters. The lowest BCUT2D eigenvalue weighted by Crippen LogP contribution is -2.21. The van der Waals surface area contributed by atoms with Crippen LogP contribution in [0.4, 0.5) is 0 Å². The van der Waals surface area contributed by atoms with Gasteiger partial charge >= 0.3 is 5.97 Å². The maximum absolute atomic E-state index is 11.7. The number of nitrogens with one attached hydrogen (secondary N) is 1. The molecule has 94 valence electrons. The number of carbonyl (C=O) groups excluding carboxylic acids is 2. The Balaban J connectivity index is 1.96. The first-order valence-electron chi connectivity index (χ1n) is 5.06. The Labute approximate surface area is 107 Å². The lowest BCUT2D eigenvalue weighted by atomic mass is 10.4. The Hall–Kier alpha value is -2.15. The minimum Gasteiger partial charge on any atom is -0.465 e. The summed E-state index contributed by atoms with van der Waals surface area (Å²) >= 11 is 1.08. The van der Waals surface area contributed by atoms with E-state index in [1.807, 2.05) is 0 Å². The van der Waals surface area contributed by atoms with Crippen molar-refractivity contribution in [1.29, 1.82) is 0 Å². The second-order valence-corrected chi connectivity index (χ2v) is 4.40. The highest BCUT2D eigenvalue weighted by atomic mass is 32.1. The number of thiophene rings is 1. The number of amides is 1. The molecule has 0 unspecified atom stereocenters. The Morgan fingerprint density at radius 1 is 1.39 bits per heavy atom. The van der Waals surface area contributed by atoms with Gasteiger partial charge in [0.05, 0.1) is 24.7 Å². The molecule has 0 saturated carbocycles. The molecule has 18 heavy (non-hydrogen) atoms. The summed E-state index contributed by atoms with van der Waals surface area (Å²) in [5.41, 5.74) is 0. The van der Waals surface area contributed by atoms with E-state index in [4.69, 9.17) is 4.52 Å². The molecule has 2 aromatic rings. The molecule has 6 nitrogen and oxygen atoms in total. The number of esters is 1. The molecule has 0 aliphatic heterocycles. The highest BCUT2D eigenvalue weighted by Crippen LogP contribution is 2.17. The number of carbonyl (C=O) groups is 2. The van der Waals surface area contributed by atoms with E-state index in [1.165, 1.54) is 13.3 Å². The van der Waals surface area contributed by atoms with Gasteiger partial charge in [0.1, 0.15) is 4.88 Å². The summed E-state index contributed by atoms with van der Waals surface area (Å²) in [6.07, 6.45) is 1.50. The van der Waals surface area contributed by atoms with Crippen molar-refractivity contribution in [3.05, 3.63) is 39.9 Å². The van der Waals surface area contributed by atoms with Crippen LogP contribution in [0.5, 0.6) is 0 Å². The van der Waals surface area contributed by atoms with Crippen LogP contribution in [0.3, 0.4) is 0 Å². The molecule has 0 saturated heterocycles. The topological polar surface area (TPSA) is 81.4 Å². The molecule has 2 heterocycles. The quantitative estimate of drug-likeness (QED) is 0.847. The maximum Gasteiger partial charge on any atom is 0.348 e. The van der Waals surface area contributed by atoms with E-state index in [0.29, 0.717) is 15.5 Å². The largest absolute Gasteiger partial charge is 0.465 e. The van der Waals surface area contributed by atoms with Crippen molar-refractivity contribution in [3.63, 3.8) is 0 Å². The number of nitrogens with zero attached hydrogens (tertiary/aromatic N) is 1. The maximum atomic E-state index is 11.7. The van der Waals surface area contributed by atoms with Gasteiger partial charge in [0, 0.05) is 6.07 Å². The fourth-order valence-corrected chi connectivity index (χ4v) is 2.10. The predicted molar refractivity (Wildman–Crippen MR) is 63.3 cm³/mol. The lowest BCUT2D eigenvalue weighted by Gasteiger charge is -1.99. The molecular weight excluding hydrogens is 256 g/mol. The average molecular weight is 266 g/mol. The van der Waals surface area contributed by atoms with E-state index < -0.39 is 5.97 Å². The third-order valence-corrected chi connectivity index (χ3v) is 3.19. The summed E-state index contributed by atoms with van der Waals surface area (Å²) in [5, 5.41) is 6.18. The Kier molecular flexibility index (Phi) is 3.73. The zero-order valence-electron chi connectivity index (χ0n) is 9.50. The fourth-order valence-electron chi connectivity index (χ4n) is 1.26. The van der Waals surface area contributed by atoms with Crippen molar-refractivity contribution in [2.75, 3.05) is 7.11 Å². The minimum absolute atomic E-state index is 0.254. The van der Waals surface area contributed by atoms with Gasteiger partial charge in [0.2, 0.25) is 0 Å². The van der Waals surface area contributed by atoms with E-state index in [9.17, 15) is 9.59 Å². The Bertz CT molecular complexity index is 547. The molecule has 2 aromatic heterocycles. The molecule has 0 aliphatic carbocycles. The van der Waals surface area contributed by atoms with Crippen molar-refractivity contribution < 1.29 is 18.8 Å². The standard InChI is InChI=1S/C11H10N2O4S/c1-16-11(15)9-3-2-8(18-9)10(14)12-6-7-4-5-13-17-7/h2-5H,6H2,1H3,(H,12,14). The Morgan fingerprint density at radius 3 is 2.83 bits per heavy atom. The predicted octanol–water partition coefficient (Wildman–Crippen LogP) is 1.45. The summed E-state index contributed by atoms with van der Waals surface area (Å²) in [6, 6.07) is 4.79. The molecule has 0 aromatic carbocycles. The van der Waals surface area contributed by atoms with Crippen LogP contribution in [0, 0.1) is 0 Å². The van der Waals surface area contributed by atoms with Crippen LogP contribution in [0.25, 0.3) is 0 Å². The van der Waals surface area contributed by atoms with Gasteiger partial charge in [0.15, 0.2) is 5.76 Å². The second-order valence-electron chi connectivity index (χ2n) is 3.32.